The number of amides is 1. The molecule has 150 valence electrons. The molecular weight excluding hydrogens is 350 g/mol. The van der Waals surface area contributed by atoms with E-state index in [0.29, 0.717) is 5.92 Å². The summed E-state index contributed by atoms with van der Waals surface area (Å²) in [5.74, 6) is 1.94. The summed E-state index contributed by atoms with van der Waals surface area (Å²) in [5.41, 5.74) is 1.12. The number of benzene rings is 1. The maximum Gasteiger partial charge on any atom is 0.244 e. The number of aromatic nitrogens is 2. The number of nitrogens with one attached hydrogen (secondary N) is 1. The molecule has 0 radical (unpaired) electrons. The van der Waals surface area contributed by atoms with Crippen LogP contribution in [0.2, 0.25) is 0 Å². The molecule has 6 heteroatoms. The van der Waals surface area contributed by atoms with Crippen LogP contribution in [0.4, 0.5) is 0 Å². The Hall–Kier alpha value is -2.18. The fraction of sp³-hybridized carbons (Fsp3) is 0.545. The Morgan fingerprint density at radius 1 is 1.11 bits per heavy atom. The van der Waals surface area contributed by atoms with Crippen molar-refractivity contribution in [2.45, 2.75) is 25.3 Å². The predicted molar refractivity (Wildman–Crippen MR) is 110 cm³/mol. The quantitative estimate of drug-likeness (QED) is 0.863. The van der Waals surface area contributed by atoms with Gasteiger partial charge in [-0.3, -0.25) is 9.69 Å². The molecule has 0 saturated carbocycles. The number of hydrogen-bond donors (Lipinski definition) is 1. The van der Waals surface area contributed by atoms with Crippen LogP contribution in [0.1, 0.15) is 30.3 Å². The molecule has 0 aliphatic carbocycles. The number of piperazine rings is 1. The predicted octanol–water partition coefficient (Wildman–Crippen LogP) is 2.18. The molecule has 0 spiro atoms. The van der Waals surface area contributed by atoms with E-state index in [1.54, 1.807) is 0 Å². The van der Waals surface area contributed by atoms with Gasteiger partial charge in [-0.1, -0.05) is 30.3 Å². The Balaban J connectivity index is 1.42. The molecule has 28 heavy (non-hydrogen) atoms. The van der Waals surface area contributed by atoms with Crippen LogP contribution in [0, 0.1) is 5.92 Å². The lowest BCUT2D eigenvalue weighted by Crippen LogP contribution is -2.51. The first-order chi connectivity index (χ1) is 13.7. The Labute approximate surface area is 167 Å². The molecular formula is C22H31N5O. The van der Waals surface area contributed by atoms with Crippen LogP contribution in [0.15, 0.2) is 42.7 Å². The highest BCUT2D eigenvalue weighted by Crippen LogP contribution is 2.28. The Morgan fingerprint density at radius 2 is 1.82 bits per heavy atom. The van der Waals surface area contributed by atoms with Crippen molar-refractivity contribution in [2.75, 3.05) is 46.3 Å². The molecule has 2 aromatic rings. The van der Waals surface area contributed by atoms with Gasteiger partial charge in [0.1, 0.15) is 11.9 Å². The van der Waals surface area contributed by atoms with Gasteiger partial charge in [-0.2, -0.15) is 0 Å². The molecule has 1 atom stereocenters. The monoisotopic (exact) mass is 381 g/mol. The average molecular weight is 382 g/mol. The molecule has 1 unspecified atom stereocenters. The number of carbonyl (C=O) groups excluding carboxylic acids is 1. The van der Waals surface area contributed by atoms with E-state index >= 15 is 0 Å². The summed E-state index contributed by atoms with van der Waals surface area (Å²) in [4.78, 5) is 27.9. The summed E-state index contributed by atoms with van der Waals surface area (Å²) >= 11 is 0. The smallest absolute Gasteiger partial charge is 0.244 e. The largest absolute Gasteiger partial charge is 0.349 e. The van der Waals surface area contributed by atoms with Gasteiger partial charge < -0.3 is 14.8 Å². The fourth-order valence-electron chi connectivity index (χ4n) is 4.44. The average Bonchev–Trinajstić information content (AvgIpc) is 3.24. The standard InChI is InChI=1S/C22H31N5O/c1-25-13-15-26(16-14-25)21(19-5-3-2-4-6-19)22(28)27-11-7-18(8-12-27)17-20-23-9-10-24-20/h2-6,9-10,18,21H,7-8,11-17H2,1H3,(H,23,24). The number of likely N-dealkylation sites (tertiary alicyclic amines) is 1. The zero-order valence-corrected chi connectivity index (χ0v) is 16.8. The van der Waals surface area contributed by atoms with Crippen molar-refractivity contribution in [3.05, 3.63) is 54.1 Å². The van der Waals surface area contributed by atoms with Gasteiger partial charge in [0.25, 0.3) is 0 Å². The summed E-state index contributed by atoms with van der Waals surface area (Å²) in [5, 5.41) is 0. The second-order valence-corrected chi connectivity index (χ2v) is 8.16. The van der Waals surface area contributed by atoms with Crippen molar-refractivity contribution in [3.8, 4) is 0 Å². The summed E-state index contributed by atoms with van der Waals surface area (Å²) in [7, 11) is 2.15. The molecule has 4 rings (SSSR count). The second-order valence-electron chi connectivity index (χ2n) is 8.16. The molecule has 3 heterocycles. The number of nitrogens with zero attached hydrogens (tertiary/aromatic N) is 4. The first-order valence-corrected chi connectivity index (χ1v) is 10.5. The van der Waals surface area contributed by atoms with Crippen LogP contribution in [0.5, 0.6) is 0 Å². The van der Waals surface area contributed by atoms with Crippen molar-refractivity contribution >= 4 is 5.91 Å². The van der Waals surface area contributed by atoms with Gasteiger partial charge in [-0.25, -0.2) is 4.98 Å². The van der Waals surface area contributed by atoms with Crippen molar-refractivity contribution in [1.29, 1.82) is 0 Å². The molecule has 2 aliphatic heterocycles. The van der Waals surface area contributed by atoms with E-state index in [4.69, 9.17) is 0 Å². The number of imidazole rings is 1. The number of piperidine rings is 1. The number of carbonyl (C=O) groups is 1. The van der Waals surface area contributed by atoms with Gasteiger partial charge in [-0.05, 0) is 31.4 Å². The lowest BCUT2D eigenvalue weighted by molar-refractivity contribution is -0.139. The van der Waals surface area contributed by atoms with E-state index in [1.165, 1.54) is 0 Å². The fourth-order valence-corrected chi connectivity index (χ4v) is 4.44. The third kappa shape index (κ3) is 4.45. The summed E-state index contributed by atoms with van der Waals surface area (Å²) in [6, 6.07) is 10.2. The highest BCUT2D eigenvalue weighted by Gasteiger charge is 2.34. The number of hydrogen-bond acceptors (Lipinski definition) is 4. The molecule has 2 saturated heterocycles. The van der Waals surface area contributed by atoms with Crippen LogP contribution in [0.25, 0.3) is 0 Å². The Kier molecular flexibility index (Phi) is 6.07. The second kappa shape index (κ2) is 8.88. The topological polar surface area (TPSA) is 55.5 Å². The summed E-state index contributed by atoms with van der Waals surface area (Å²) in [6.45, 7) is 5.61. The van der Waals surface area contributed by atoms with E-state index in [2.05, 4.69) is 43.8 Å². The molecule has 1 aromatic carbocycles. The lowest BCUT2D eigenvalue weighted by atomic mass is 9.92. The van der Waals surface area contributed by atoms with Crippen LogP contribution in [0.3, 0.4) is 0 Å². The molecule has 0 bridgehead atoms. The van der Waals surface area contributed by atoms with Crippen LogP contribution >= 0.6 is 0 Å². The van der Waals surface area contributed by atoms with Gasteiger partial charge in [0.15, 0.2) is 0 Å². The van der Waals surface area contributed by atoms with E-state index in [9.17, 15) is 4.79 Å². The number of H-pyrrole nitrogens is 1. The van der Waals surface area contributed by atoms with Crippen molar-refractivity contribution in [3.63, 3.8) is 0 Å². The SMILES string of the molecule is CN1CCN(C(C(=O)N2CCC(Cc3ncc[nH]3)CC2)c2ccccc2)CC1. The van der Waals surface area contributed by atoms with Gasteiger partial charge >= 0.3 is 0 Å². The summed E-state index contributed by atoms with van der Waals surface area (Å²) < 4.78 is 0. The molecule has 6 nitrogen and oxygen atoms in total. The zero-order chi connectivity index (χ0) is 19.3. The number of rotatable bonds is 5. The van der Waals surface area contributed by atoms with Crippen molar-refractivity contribution < 1.29 is 4.79 Å². The van der Waals surface area contributed by atoms with Gasteiger partial charge in [-0.15, -0.1) is 0 Å². The van der Waals surface area contributed by atoms with Crippen LogP contribution in [-0.2, 0) is 11.2 Å². The number of likely N-dealkylation sites (N-methyl/N-ethyl adjacent to an activating group) is 1. The maximum absolute atomic E-state index is 13.6. The molecule has 2 fully saturated rings. The normalized spacial score (nSPS) is 21.0. The van der Waals surface area contributed by atoms with E-state index in [0.717, 1.165) is 69.9 Å². The zero-order valence-electron chi connectivity index (χ0n) is 16.8. The number of aromatic amines is 1. The highest BCUT2D eigenvalue weighted by molar-refractivity contribution is 5.83. The molecule has 2 aliphatic rings. The lowest BCUT2D eigenvalue weighted by Gasteiger charge is -2.41. The van der Waals surface area contributed by atoms with Crippen LogP contribution < -0.4 is 0 Å². The summed E-state index contributed by atoms with van der Waals surface area (Å²) in [6.07, 6.45) is 6.78. The van der Waals surface area contributed by atoms with Crippen molar-refractivity contribution in [1.82, 2.24) is 24.7 Å². The minimum absolute atomic E-state index is 0.156. The minimum Gasteiger partial charge on any atom is -0.349 e. The van der Waals surface area contributed by atoms with Crippen molar-refractivity contribution in [2.24, 2.45) is 5.92 Å². The minimum atomic E-state index is -0.156. The Morgan fingerprint density at radius 3 is 2.46 bits per heavy atom. The van der Waals surface area contributed by atoms with Gasteiger partial charge in [0, 0.05) is 58.1 Å². The van der Waals surface area contributed by atoms with Crippen LogP contribution in [-0.4, -0.2) is 76.9 Å². The molecule has 1 N–H and O–H groups in total. The first-order valence-electron chi connectivity index (χ1n) is 10.5. The maximum atomic E-state index is 13.6. The Bertz CT molecular complexity index is 732. The highest BCUT2D eigenvalue weighted by atomic mass is 16.2. The third-order valence-electron chi connectivity index (χ3n) is 6.22. The first kappa shape index (κ1) is 19.2. The van der Waals surface area contributed by atoms with Gasteiger partial charge in [0.05, 0.1) is 0 Å². The van der Waals surface area contributed by atoms with E-state index in [-0.39, 0.29) is 11.9 Å². The van der Waals surface area contributed by atoms with E-state index in [1.807, 2.05) is 30.6 Å². The molecule has 1 amide bonds. The van der Waals surface area contributed by atoms with Gasteiger partial charge in [0.2, 0.25) is 5.91 Å². The molecule has 1 aromatic heterocycles. The third-order valence-corrected chi connectivity index (χ3v) is 6.22. The van der Waals surface area contributed by atoms with E-state index < -0.39 is 0 Å².